The number of aromatic hydroxyl groups is 1. The van der Waals surface area contributed by atoms with Crippen molar-refractivity contribution in [3.8, 4) is 11.5 Å². The first-order chi connectivity index (χ1) is 9.43. The second-order valence-electron chi connectivity index (χ2n) is 4.57. The highest BCUT2D eigenvalue weighted by Gasteiger charge is 2.09. The summed E-state index contributed by atoms with van der Waals surface area (Å²) in [6.07, 6.45) is 3.29. The minimum absolute atomic E-state index is 0.0828. The molecule has 0 aliphatic rings. The maximum Gasteiger partial charge on any atom is 0.166 e. The van der Waals surface area contributed by atoms with E-state index < -0.39 is 0 Å². The molecule has 6 nitrogen and oxygen atoms in total. The van der Waals surface area contributed by atoms with Gasteiger partial charge in [-0.1, -0.05) is 0 Å². The first-order valence-electron chi connectivity index (χ1n) is 6.36. The smallest absolute Gasteiger partial charge is 0.166 e. The van der Waals surface area contributed by atoms with Crippen LogP contribution in [0.3, 0.4) is 0 Å². The summed E-state index contributed by atoms with van der Waals surface area (Å²) in [6.45, 7) is 2.35. The van der Waals surface area contributed by atoms with Gasteiger partial charge in [-0.2, -0.15) is 10.2 Å². The largest absolute Gasteiger partial charge is 0.504 e. The third-order valence-corrected chi connectivity index (χ3v) is 2.29. The van der Waals surface area contributed by atoms with Gasteiger partial charge in [0.15, 0.2) is 11.5 Å². The van der Waals surface area contributed by atoms with Crippen molar-refractivity contribution < 1.29 is 9.84 Å². The number of benzene rings is 1. The first kappa shape index (κ1) is 15.8. The molecule has 1 aromatic rings. The molecule has 0 heterocycles. The zero-order chi connectivity index (χ0) is 15.1. The Hall–Kier alpha value is -2.24. The molecule has 1 rings (SSSR count). The zero-order valence-corrected chi connectivity index (χ0v) is 12.7. The summed E-state index contributed by atoms with van der Waals surface area (Å²) in [5.41, 5.74) is 1.42. The van der Waals surface area contributed by atoms with Gasteiger partial charge < -0.3 is 19.9 Å². The molecular formula is C14H22N4O2. The lowest BCUT2D eigenvalue weighted by atomic mass is 10.1. The quantitative estimate of drug-likeness (QED) is 0.634. The van der Waals surface area contributed by atoms with Crippen molar-refractivity contribution in [2.45, 2.75) is 6.92 Å². The molecule has 0 aromatic heterocycles. The number of nitrogens with zero attached hydrogens (tertiary/aromatic N) is 4. The van der Waals surface area contributed by atoms with Gasteiger partial charge in [-0.3, -0.25) is 0 Å². The van der Waals surface area contributed by atoms with Gasteiger partial charge in [0.05, 0.1) is 19.0 Å². The van der Waals surface area contributed by atoms with Crippen molar-refractivity contribution in [3.05, 3.63) is 23.3 Å². The van der Waals surface area contributed by atoms with Gasteiger partial charge in [-0.25, -0.2) is 0 Å². The Kier molecular flexibility index (Phi) is 5.83. The molecule has 0 saturated carbocycles. The molecule has 0 aliphatic carbocycles. The lowest BCUT2D eigenvalue weighted by Gasteiger charge is -2.11. The minimum atomic E-state index is 0.0828. The molecule has 1 N–H and O–H groups in total. The average molecular weight is 278 g/mol. The number of hydrazone groups is 2. The fourth-order valence-corrected chi connectivity index (χ4v) is 1.45. The summed E-state index contributed by atoms with van der Waals surface area (Å²) in [6, 6.07) is 3.55. The highest BCUT2D eigenvalue weighted by molar-refractivity contribution is 5.90. The molecule has 0 bridgehead atoms. The first-order valence-corrected chi connectivity index (χ1v) is 6.36. The van der Waals surface area contributed by atoms with Gasteiger partial charge in [-0.05, 0) is 24.6 Å². The van der Waals surface area contributed by atoms with E-state index in [4.69, 9.17) is 4.74 Å². The molecule has 0 fully saturated rings. The number of rotatable bonds is 6. The topological polar surface area (TPSA) is 60.7 Å². The van der Waals surface area contributed by atoms with E-state index in [2.05, 4.69) is 10.2 Å². The summed E-state index contributed by atoms with van der Waals surface area (Å²) in [4.78, 5) is 0. The van der Waals surface area contributed by atoms with Crippen LogP contribution in [0.15, 0.2) is 22.3 Å². The normalized spacial score (nSPS) is 11.2. The van der Waals surface area contributed by atoms with Crippen LogP contribution in [0.2, 0.25) is 0 Å². The van der Waals surface area contributed by atoms with Crippen molar-refractivity contribution in [1.29, 1.82) is 0 Å². The second-order valence-corrected chi connectivity index (χ2v) is 4.57. The maximum absolute atomic E-state index is 10.1. The molecule has 1 aromatic carbocycles. The fraction of sp³-hybridized carbons (Fsp3) is 0.429. The molecule has 20 heavy (non-hydrogen) atoms. The molecule has 110 valence electrons. The van der Waals surface area contributed by atoms with Gasteiger partial charge in [0, 0.05) is 33.8 Å². The van der Waals surface area contributed by atoms with Crippen LogP contribution in [0.25, 0.3) is 0 Å². The lowest BCUT2D eigenvalue weighted by Crippen LogP contribution is -2.04. The van der Waals surface area contributed by atoms with Crippen molar-refractivity contribution >= 4 is 12.4 Å². The Balaban J connectivity index is 3.20. The van der Waals surface area contributed by atoms with E-state index in [-0.39, 0.29) is 5.75 Å². The molecule has 0 atom stereocenters. The van der Waals surface area contributed by atoms with Crippen LogP contribution >= 0.6 is 0 Å². The summed E-state index contributed by atoms with van der Waals surface area (Å²) < 4.78 is 5.43. The van der Waals surface area contributed by atoms with Crippen LogP contribution in [-0.2, 0) is 0 Å². The highest BCUT2D eigenvalue weighted by atomic mass is 16.5. The number of hydrogen-bond acceptors (Lipinski definition) is 6. The van der Waals surface area contributed by atoms with Crippen LogP contribution in [0, 0.1) is 0 Å². The molecule has 0 aliphatic heterocycles. The Morgan fingerprint density at radius 1 is 1.10 bits per heavy atom. The summed E-state index contributed by atoms with van der Waals surface area (Å²) in [5, 5.41) is 21.8. The van der Waals surface area contributed by atoms with E-state index in [0.717, 1.165) is 5.56 Å². The molecule has 0 saturated heterocycles. The van der Waals surface area contributed by atoms with E-state index in [1.165, 1.54) is 0 Å². The Morgan fingerprint density at radius 2 is 1.70 bits per heavy atom. The minimum Gasteiger partial charge on any atom is -0.504 e. The lowest BCUT2D eigenvalue weighted by molar-refractivity contribution is 0.318. The summed E-state index contributed by atoms with van der Waals surface area (Å²) in [7, 11) is 7.31. The van der Waals surface area contributed by atoms with E-state index in [1.807, 2.05) is 35.1 Å². The Morgan fingerprint density at radius 3 is 2.25 bits per heavy atom. The predicted octanol–water partition coefficient (Wildman–Crippen LogP) is 1.58. The van der Waals surface area contributed by atoms with Crippen molar-refractivity contribution in [2.75, 3.05) is 34.8 Å². The molecule has 0 amide bonds. The van der Waals surface area contributed by atoms with Gasteiger partial charge in [0.2, 0.25) is 0 Å². The van der Waals surface area contributed by atoms with Gasteiger partial charge in [-0.15, -0.1) is 0 Å². The van der Waals surface area contributed by atoms with E-state index >= 15 is 0 Å². The fourth-order valence-electron chi connectivity index (χ4n) is 1.45. The molecule has 0 radical (unpaired) electrons. The maximum atomic E-state index is 10.1. The number of phenols is 1. The van der Waals surface area contributed by atoms with Gasteiger partial charge in [0.1, 0.15) is 0 Å². The van der Waals surface area contributed by atoms with Crippen molar-refractivity contribution in [1.82, 2.24) is 10.0 Å². The summed E-state index contributed by atoms with van der Waals surface area (Å²) >= 11 is 0. The summed E-state index contributed by atoms with van der Waals surface area (Å²) in [5.74, 6) is 0.509. The zero-order valence-electron chi connectivity index (χ0n) is 12.7. The van der Waals surface area contributed by atoms with E-state index in [9.17, 15) is 5.11 Å². The van der Waals surface area contributed by atoms with Crippen LogP contribution < -0.4 is 4.74 Å². The van der Waals surface area contributed by atoms with E-state index in [1.54, 1.807) is 34.6 Å². The third kappa shape index (κ3) is 4.79. The Labute approximate surface area is 120 Å². The van der Waals surface area contributed by atoms with E-state index in [0.29, 0.717) is 17.9 Å². The second kappa shape index (κ2) is 7.37. The Bertz CT molecular complexity index is 496. The standard InChI is InChI=1S/C14H22N4O2/c1-6-20-13-8-11(9-15-17(2)3)7-12(14(13)19)10-16-18(4)5/h7-10,19H,6H2,1-5H3/b15-9-,16-10-. The number of phenolic OH excluding ortho intramolecular Hbond substituents is 1. The SMILES string of the molecule is CCOc1cc(/C=N\N(C)C)cc(/C=N\N(C)C)c1O. The molecule has 0 unspecified atom stereocenters. The van der Waals surface area contributed by atoms with Crippen LogP contribution in [0.1, 0.15) is 18.1 Å². The van der Waals surface area contributed by atoms with Crippen LogP contribution in [0.4, 0.5) is 0 Å². The predicted molar refractivity (Wildman–Crippen MR) is 81.8 cm³/mol. The van der Waals surface area contributed by atoms with Gasteiger partial charge in [0.25, 0.3) is 0 Å². The third-order valence-electron chi connectivity index (χ3n) is 2.29. The average Bonchev–Trinajstić information content (AvgIpc) is 2.37. The molecule has 0 spiro atoms. The molecular weight excluding hydrogens is 256 g/mol. The van der Waals surface area contributed by atoms with Gasteiger partial charge >= 0.3 is 0 Å². The highest BCUT2D eigenvalue weighted by Crippen LogP contribution is 2.30. The number of ether oxygens (including phenoxy) is 1. The molecule has 6 heteroatoms. The monoisotopic (exact) mass is 278 g/mol. The van der Waals surface area contributed by atoms with Crippen LogP contribution in [0.5, 0.6) is 11.5 Å². The van der Waals surface area contributed by atoms with Crippen molar-refractivity contribution in [3.63, 3.8) is 0 Å². The van der Waals surface area contributed by atoms with Crippen LogP contribution in [-0.4, -0.2) is 62.4 Å². The number of hydrogen-bond donors (Lipinski definition) is 1. The van der Waals surface area contributed by atoms with Crippen molar-refractivity contribution in [2.24, 2.45) is 10.2 Å².